The highest BCUT2D eigenvalue weighted by Gasteiger charge is 2.76. The van der Waals surface area contributed by atoms with Gasteiger partial charge in [-0.25, -0.2) is 0 Å². The molecule has 0 bridgehead atoms. The lowest BCUT2D eigenvalue weighted by Gasteiger charge is -2.69. The van der Waals surface area contributed by atoms with Crippen LogP contribution in [0.3, 0.4) is 0 Å². The minimum Gasteiger partial charge on any atom is -0.424 e. The van der Waals surface area contributed by atoms with E-state index in [-0.39, 0.29) is 182 Å². The van der Waals surface area contributed by atoms with Crippen LogP contribution in [0.25, 0.3) is 0 Å². The average molecular weight is 1660 g/mol. The van der Waals surface area contributed by atoms with Gasteiger partial charge in [0.15, 0.2) is 34.7 Å². The van der Waals surface area contributed by atoms with Crippen LogP contribution in [0.4, 0.5) is 0 Å². The number of carbonyl (C=O) groups excluding carboxylic acids is 9. The molecule has 0 aliphatic heterocycles. The summed E-state index contributed by atoms with van der Waals surface area (Å²) in [6, 6.07) is 6.55. The van der Waals surface area contributed by atoms with Crippen molar-refractivity contribution in [3.8, 4) is 18.2 Å². The predicted octanol–water partition coefficient (Wildman–Crippen LogP) is 20.8. The molecule has 17 aliphatic carbocycles. The number of halogens is 1. The van der Waals surface area contributed by atoms with Crippen LogP contribution >= 0.6 is 11.6 Å². The van der Waals surface area contributed by atoms with Gasteiger partial charge in [0, 0.05) is 68.9 Å². The van der Waals surface area contributed by atoms with Crippen molar-refractivity contribution in [1.29, 1.82) is 15.8 Å². The Kier molecular flexibility index (Phi) is 19.8. The maximum atomic E-state index is 14.7. The summed E-state index contributed by atoms with van der Waals surface area (Å²) >= 11 is 6.36. The summed E-state index contributed by atoms with van der Waals surface area (Å²) in [6.45, 7) is 46.0. The molecule has 18 heteroatoms. The number of hydrogen-bond donors (Lipinski definition) is 2. The molecule has 0 unspecified atom stereocenters. The van der Waals surface area contributed by atoms with E-state index in [4.69, 9.17) is 22.5 Å². The third-order valence-electron chi connectivity index (χ3n) is 39.5. The third-order valence-corrected chi connectivity index (χ3v) is 39.8. The SMILES string of the molecule is CC1(C)CC[C@]2(C(=O)Cl)CC[C@]3(C)[C@H](C(=O)C=C4[C@@]5(C)C=C(C#N)C(=O)C(C)(C)[C@@H]5CC[C@]43C)[C@@H]2C1.CC1(C)CC[C@]2(C(=O)NNC(=O)C3CC3)CC[C@]3(C)[C@H](C(=O)C=C4[C@@]5(C)C=C(C#N)C(=O)C(C)(C)[C@@H]5CC[C@]43C)[C@@H]2C1.CC1(C)CC[C@]2(c3nnc(C4CC4)o3)CC[C@]3(C)[C@H](C(=O)C=C4[C@@]5(C)C=C(C#N)C(=O)C(C)(C)[C@@H]5CC[C@]43C)[C@@H]2C1.[3H]C. The van der Waals surface area contributed by atoms with Gasteiger partial charge in [-0.3, -0.25) is 54.0 Å². The van der Waals surface area contributed by atoms with E-state index in [0.717, 1.165) is 176 Å². The predicted molar refractivity (Wildman–Crippen MR) is 459 cm³/mol. The topological polar surface area (TPSA) is 288 Å². The first-order chi connectivity index (χ1) is 56.1. The van der Waals surface area contributed by atoms with Gasteiger partial charge < -0.3 is 4.42 Å². The zero-order chi connectivity index (χ0) is 88.7. The number of hydrogen-bond acceptors (Lipinski definition) is 15. The number of Topliss-reactive ketones (excluding diaryl/α,β-unsaturated/α-hetero) is 3. The van der Waals surface area contributed by atoms with E-state index in [1.54, 1.807) is 0 Å². The molecule has 1 aromatic rings. The zero-order valence-electron chi connectivity index (χ0n) is 77.2. The zero-order valence-corrected chi connectivity index (χ0v) is 76.9. The molecule has 11 fully saturated rings. The van der Waals surface area contributed by atoms with Crippen LogP contribution in [0.15, 0.2) is 74.3 Å². The first-order valence-electron chi connectivity index (χ1n) is 46.6. The fourth-order valence-corrected chi connectivity index (χ4v) is 32.0. The Bertz CT molecular complexity index is 5030. The van der Waals surface area contributed by atoms with Crippen molar-refractivity contribution in [2.24, 2.45) is 151 Å². The van der Waals surface area contributed by atoms with Gasteiger partial charge in [-0.2, -0.15) is 15.8 Å². The van der Waals surface area contributed by atoms with Crippen molar-refractivity contribution < 1.29 is 48.9 Å². The molecule has 21 atom stereocenters. The first kappa shape index (κ1) is 86.5. The quantitative estimate of drug-likeness (QED) is 0.205. The van der Waals surface area contributed by atoms with Gasteiger partial charge in [-0.15, -0.1) is 10.2 Å². The number of carbonyl (C=O) groups is 9. The van der Waals surface area contributed by atoms with Crippen molar-refractivity contribution in [3.05, 3.63) is 81.7 Å². The van der Waals surface area contributed by atoms with Crippen LogP contribution in [0, 0.1) is 185 Å². The number of nitriles is 3. The summed E-state index contributed by atoms with van der Waals surface area (Å²) in [7, 11) is 1.25. The maximum absolute atomic E-state index is 14.7. The third kappa shape index (κ3) is 11.9. The highest BCUT2D eigenvalue weighted by atomic mass is 35.5. The number of fused-ring (bicyclic) bond motifs is 21. The maximum Gasteiger partial charge on any atom is 0.244 e. The van der Waals surface area contributed by atoms with Gasteiger partial charge in [-0.05, 0) is 275 Å². The molecule has 17 aliphatic rings. The van der Waals surface area contributed by atoms with Crippen molar-refractivity contribution in [3.63, 3.8) is 0 Å². The van der Waals surface area contributed by atoms with Crippen molar-refractivity contribution >= 4 is 63.4 Å². The fourth-order valence-electron chi connectivity index (χ4n) is 31.6. The molecule has 1 aromatic heterocycles. The molecule has 2 N–H and O–H groups in total. The van der Waals surface area contributed by atoms with E-state index in [1.807, 2.05) is 78.0 Å². The molecular weight excluding hydrogens is 1520 g/mol. The Labute approximate surface area is 720 Å². The second kappa shape index (κ2) is 27.5. The molecule has 120 heavy (non-hydrogen) atoms. The number of nitrogens with one attached hydrogen (secondary N) is 2. The van der Waals surface area contributed by atoms with Gasteiger partial charge >= 0.3 is 0 Å². The minimum absolute atomic E-state index is 0.000901. The second-order valence-corrected chi connectivity index (χ2v) is 48.3. The summed E-state index contributed by atoms with van der Waals surface area (Å²) in [5, 5.41) is 38.7. The smallest absolute Gasteiger partial charge is 0.244 e. The van der Waals surface area contributed by atoms with E-state index in [2.05, 4.69) is 138 Å². The second-order valence-electron chi connectivity index (χ2n) is 48.0. The molecule has 11 saturated carbocycles. The molecule has 0 radical (unpaired) electrons. The number of ketones is 6. The Hall–Kier alpha value is -7.03. The van der Waals surface area contributed by atoms with Crippen molar-refractivity contribution in [2.75, 3.05) is 0 Å². The summed E-state index contributed by atoms with van der Waals surface area (Å²) < 4.78 is 12.2. The molecular formula is C102H136ClN7O10. The van der Waals surface area contributed by atoms with Gasteiger partial charge in [0.05, 0.1) is 27.5 Å². The molecule has 646 valence electrons. The van der Waals surface area contributed by atoms with Crippen LogP contribution < -0.4 is 10.9 Å². The van der Waals surface area contributed by atoms with Crippen LogP contribution in [-0.4, -0.2) is 62.0 Å². The molecule has 0 aromatic carbocycles. The normalized spacial score (nSPS) is 44.4. The summed E-state index contributed by atoms with van der Waals surface area (Å²) in [6.07, 6.45) is 33.4. The fraction of sp³-hybridized carbons (Fsp3) is 0.745. The standard InChI is InChI=1S/C35H47N3O4.C35H45N3O3.C31H40ClNO3.CH4/c1-30(2)12-14-35(29(42)38-37-28(41)20-8-9-20)15-13-34(7)26(22(35)18-30)23(39)16-25-32(5)17-21(19-36)27(40)31(3,4)24(32)10-11-33(25,34)6;1-30(2)12-14-35(29-38-37-28(41-29)20-8-9-20)15-13-34(7)26(22(35)18-30)23(39)16-25-32(5)17-21(19-36)27(40)31(3,4)24(32)10-11-33(25,34)6;1-26(2)10-12-31(25(32)36)13-11-30(7)23(19(31)16-26)20(34)14-22-28(5)15-18(17-33)24(35)27(3,4)21(28)8-9-29(22,30)6;/h16-17,20,22,24,26H,8-15,18H2,1-7H3,(H,37,41)(H,38,42);16-17,20,22,24,26H,8-15,18H2,1-7H3;14-15,19,21,23H,8-13,16H2,1-7H3;1H4/t2*22-,24-,26-,32-,33+,34+,35-;19-,21-,23-,28-,29+,30+,31-;/m000./s1/i;;;1T. The number of aromatic nitrogens is 2. The molecule has 1 heterocycles. The van der Waals surface area contributed by atoms with Gasteiger partial charge in [-0.1, -0.05) is 188 Å². The highest BCUT2D eigenvalue weighted by Crippen LogP contribution is 2.80. The van der Waals surface area contributed by atoms with Crippen LogP contribution in [-0.2, 0) is 48.6 Å². The Morgan fingerprint density at radius 1 is 0.433 bits per heavy atom. The Morgan fingerprint density at radius 3 is 1.14 bits per heavy atom. The number of rotatable bonds is 5. The lowest BCUT2D eigenvalue weighted by atomic mass is 9.34. The summed E-state index contributed by atoms with van der Waals surface area (Å²) in [4.78, 5) is 123. The highest BCUT2D eigenvalue weighted by molar-refractivity contribution is 6.64. The molecule has 17 nitrogen and oxygen atoms in total. The number of hydrazine groups is 1. The van der Waals surface area contributed by atoms with Crippen molar-refractivity contribution in [1.82, 2.24) is 21.0 Å². The van der Waals surface area contributed by atoms with E-state index >= 15 is 0 Å². The Balaban J connectivity index is 0.000000140. The molecule has 0 saturated heterocycles. The van der Waals surface area contributed by atoms with Gasteiger partial charge in [0.2, 0.25) is 28.8 Å². The largest absolute Gasteiger partial charge is 0.424 e. The minimum atomic E-state index is -0.706. The number of nitrogens with zero attached hydrogens (tertiary/aromatic N) is 5. The monoisotopic (exact) mass is 1660 g/mol. The van der Waals surface area contributed by atoms with Crippen LogP contribution in [0.5, 0.6) is 0 Å². The Morgan fingerprint density at radius 2 is 0.767 bits per heavy atom. The van der Waals surface area contributed by atoms with Gasteiger partial charge in [0.1, 0.15) is 18.2 Å². The summed E-state index contributed by atoms with van der Waals surface area (Å²) in [5.41, 5.74) is 2.69. The van der Waals surface area contributed by atoms with E-state index < -0.39 is 43.3 Å². The van der Waals surface area contributed by atoms with E-state index in [9.17, 15) is 58.9 Å². The first-order valence-corrected chi connectivity index (χ1v) is 45.9. The molecule has 0 spiro atoms. The summed E-state index contributed by atoms with van der Waals surface area (Å²) in [5.74, 6) is 1.20. The average Bonchev–Trinajstić information content (AvgIpc) is 1.68. The lowest BCUT2D eigenvalue weighted by Crippen LogP contribution is -2.67. The van der Waals surface area contributed by atoms with Crippen LogP contribution in [0.1, 0.15) is 332 Å². The van der Waals surface area contributed by atoms with E-state index in [0.29, 0.717) is 18.8 Å². The molecule has 18 rings (SSSR count). The van der Waals surface area contributed by atoms with Gasteiger partial charge in [0.25, 0.3) is 0 Å². The van der Waals surface area contributed by atoms with Crippen LogP contribution in [0.2, 0.25) is 0 Å². The van der Waals surface area contributed by atoms with E-state index in [1.165, 1.54) is 7.40 Å². The number of allylic oxidation sites excluding steroid dienone is 12. The van der Waals surface area contributed by atoms with Crippen molar-refractivity contribution in [2.45, 2.75) is 325 Å². The number of amides is 2. The molecule has 2 amide bonds. The lowest BCUT2D eigenvalue weighted by molar-refractivity contribution is -0.179.